The van der Waals surface area contributed by atoms with Crippen LogP contribution in [0.5, 0.6) is 0 Å². The molecule has 0 radical (unpaired) electrons. The first-order valence-electron chi connectivity index (χ1n) is 7.28. The Bertz CT molecular complexity index is 768. The van der Waals surface area contributed by atoms with E-state index in [2.05, 4.69) is 27.6 Å². The zero-order chi connectivity index (χ0) is 15.4. The van der Waals surface area contributed by atoms with Crippen LogP contribution in [0.1, 0.15) is 29.4 Å². The average Bonchev–Trinajstić information content (AvgIpc) is 2.98. The highest BCUT2D eigenvalue weighted by Crippen LogP contribution is 2.16. The number of pyridine rings is 1. The fraction of sp³-hybridized carbons (Fsp3) is 0.235. The van der Waals surface area contributed by atoms with Crippen molar-refractivity contribution in [2.45, 2.75) is 25.8 Å². The molecule has 1 atom stereocenters. The molecule has 1 N–H and O–H groups in total. The Morgan fingerprint density at radius 2 is 2.09 bits per heavy atom. The third kappa shape index (κ3) is 3.14. The molecule has 3 aromatic rings. The van der Waals surface area contributed by atoms with Crippen LogP contribution in [0.25, 0.3) is 11.0 Å². The number of fused-ring (bicyclic) bond motifs is 1. The van der Waals surface area contributed by atoms with Crippen LogP contribution in [0.15, 0.2) is 53.3 Å². The number of rotatable bonds is 5. The van der Waals surface area contributed by atoms with Crippen LogP contribution in [-0.2, 0) is 6.42 Å². The summed E-state index contributed by atoms with van der Waals surface area (Å²) >= 11 is 0. The second-order valence-electron chi connectivity index (χ2n) is 5.30. The summed E-state index contributed by atoms with van der Waals surface area (Å²) in [4.78, 5) is 16.3. The number of aromatic nitrogens is 2. The Balaban J connectivity index is 1.61. The number of nitrogens with zero attached hydrogens (tertiary/aromatic N) is 2. The van der Waals surface area contributed by atoms with Gasteiger partial charge in [-0.3, -0.25) is 9.78 Å². The molecule has 0 spiro atoms. The van der Waals surface area contributed by atoms with Crippen molar-refractivity contribution in [1.29, 1.82) is 0 Å². The molecule has 1 aromatic carbocycles. The number of amides is 1. The summed E-state index contributed by atoms with van der Waals surface area (Å²) in [5.41, 5.74) is 2.12. The molecule has 5 heteroatoms. The van der Waals surface area contributed by atoms with Gasteiger partial charge >= 0.3 is 0 Å². The van der Waals surface area contributed by atoms with Crippen molar-refractivity contribution in [3.05, 3.63) is 60.0 Å². The van der Waals surface area contributed by atoms with E-state index in [-0.39, 0.29) is 17.6 Å². The van der Waals surface area contributed by atoms with Crippen molar-refractivity contribution in [3.63, 3.8) is 0 Å². The molecule has 2 aromatic heterocycles. The summed E-state index contributed by atoms with van der Waals surface area (Å²) in [5, 5.41) is 7.43. The van der Waals surface area contributed by atoms with Gasteiger partial charge in [-0.2, -0.15) is 0 Å². The molecule has 0 saturated carbocycles. The molecular weight excluding hydrogens is 278 g/mol. The van der Waals surface area contributed by atoms with Gasteiger partial charge < -0.3 is 9.84 Å². The lowest BCUT2D eigenvalue weighted by atomic mass is 10.1. The molecule has 22 heavy (non-hydrogen) atoms. The lowest BCUT2D eigenvalue weighted by molar-refractivity contribution is 0.0931. The minimum absolute atomic E-state index is 0.0520. The van der Waals surface area contributed by atoms with Crippen molar-refractivity contribution in [3.8, 4) is 0 Å². The minimum atomic E-state index is -0.229. The molecule has 1 amide bonds. The van der Waals surface area contributed by atoms with Gasteiger partial charge in [-0.1, -0.05) is 35.5 Å². The van der Waals surface area contributed by atoms with Gasteiger partial charge in [0.2, 0.25) is 0 Å². The van der Waals surface area contributed by atoms with Crippen LogP contribution >= 0.6 is 0 Å². The van der Waals surface area contributed by atoms with E-state index in [0.29, 0.717) is 11.0 Å². The van der Waals surface area contributed by atoms with Crippen molar-refractivity contribution < 1.29 is 9.32 Å². The Labute approximate surface area is 128 Å². The van der Waals surface area contributed by atoms with E-state index in [0.717, 1.165) is 12.8 Å². The second kappa shape index (κ2) is 6.39. The van der Waals surface area contributed by atoms with Gasteiger partial charge in [-0.15, -0.1) is 0 Å². The van der Waals surface area contributed by atoms with Crippen LogP contribution in [-0.4, -0.2) is 22.1 Å². The van der Waals surface area contributed by atoms with Crippen molar-refractivity contribution in [2.75, 3.05) is 0 Å². The summed E-state index contributed by atoms with van der Waals surface area (Å²) in [6, 6.07) is 12.0. The van der Waals surface area contributed by atoms with Crippen LogP contribution < -0.4 is 5.32 Å². The molecule has 0 fully saturated rings. The minimum Gasteiger partial charge on any atom is -0.355 e. The number of aryl methyl sites for hydroxylation is 1. The monoisotopic (exact) mass is 295 g/mol. The lowest BCUT2D eigenvalue weighted by Gasteiger charge is -2.12. The third-order valence-electron chi connectivity index (χ3n) is 3.57. The van der Waals surface area contributed by atoms with E-state index in [9.17, 15) is 4.79 Å². The van der Waals surface area contributed by atoms with Crippen LogP contribution in [0.4, 0.5) is 0 Å². The first-order valence-corrected chi connectivity index (χ1v) is 7.28. The third-order valence-corrected chi connectivity index (χ3v) is 3.57. The first-order chi connectivity index (χ1) is 10.7. The molecule has 0 aliphatic rings. The Morgan fingerprint density at radius 3 is 2.91 bits per heavy atom. The predicted molar refractivity (Wildman–Crippen MR) is 83.5 cm³/mol. The SMILES string of the molecule is CC(CCc1ccccc1)NC(=O)c1noc2ccncc12. The Kier molecular flexibility index (Phi) is 4.14. The van der Waals surface area contributed by atoms with Crippen molar-refractivity contribution >= 4 is 16.9 Å². The highest BCUT2D eigenvalue weighted by atomic mass is 16.5. The maximum Gasteiger partial charge on any atom is 0.274 e. The first kappa shape index (κ1) is 14.3. The smallest absolute Gasteiger partial charge is 0.274 e. The molecule has 0 aliphatic carbocycles. The zero-order valence-corrected chi connectivity index (χ0v) is 12.3. The summed E-state index contributed by atoms with van der Waals surface area (Å²) < 4.78 is 5.13. The number of benzene rings is 1. The van der Waals surface area contributed by atoms with Crippen molar-refractivity contribution in [1.82, 2.24) is 15.5 Å². The fourth-order valence-electron chi connectivity index (χ4n) is 2.34. The topological polar surface area (TPSA) is 68.0 Å². The molecule has 0 saturated heterocycles. The lowest BCUT2D eigenvalue weighted by Crippen LogP contribution is -2.33. The molecule has 2 heterocycles. The summed E-state index contributed by atoms with van der Waals surface area (Å²) in [7, 11) is 0. The molecule has 112 valence electrons. The highest BCUT2D eigenvalue weighted by Gasteiger charge is 2.17. The number of hydrogen-bond acceptors (Lipinski definition) is 4. The maximum absolute atomic E-state index is 12.3. The van der Waals surface area contributed by atoms with Gasteiger partial charge in [0, 0.05) is 24.5 Å². The zero-order valence-electron chi connectivity index (χ0n) is 12.3. The van der Waals surface area contributed by atoms with E-state index < -0.39 is 0 Å². The van der Waals surface area contributed by atoms with Gasteiger partial charge in [0.1, 0.15) is 0 Å². The van der Waals surface area contributed by atoms with E-state index in [1.165, 1.54) is 5.56 Å². The molecule has 5 nitrogen and oxygen atoms in total. The second-order valence-corrected chi connectivity index (χ2v) is 5.30. The summed E-state index contributed by atoms with van der Waals surface area (Å²) in [5.74, 6) is -0.229. The predicted octanol–water partition coefficient (Wildman–Crippen LogP) is 2.97. The number of carbonyl (C=O) groups excluding carboxylic acids is 1. The maximum atomic E-state index is 12.3. The van der Waals surface area contributed by atoms with E-state index >= 15 is 0 Å². The van der Waals surface area contributed by atoms with Gasteiger partial charge in [-0.25, -0.2) is 0 Å². The van der Waals surface area contributed by atoms with Crippen LogP contribution in [0.3, 0.4) is 0 Å². The van der Waals surface area contributed by atoms with Gasteiger partial charge in [0.15, 0.2) is 11.3 Å². The standard InChI is InChI=1S/C17H17N3O2/c1-12(7-8-13-5-3-2-4-6-13)19-17(21)16-14-11-18-10-9-15(14)22-20-16/h2-6,9-12H,7-8H2,1H3,(H,19,21). The molecule has 1 unspecified atom stereocenters. The molecule has 0 bridgehead atoms. The number of nitrogens with one attached hydrogen (secondary N) is 1. The van der Waals surface area contributed by atoms with E-state index in [1.54, 1.807) is 18.5 Å². The molecule has 3 rings (SSSR count). The largest absolute Gasteiger partial charge is 0.355 e. The van der Waals surface area contributed by atoms with Crippen LogP contribution in [0.2, 0.25) is 0 Å². The van der Waals surface area contributed by atoms with Crippen molar-refractivity contribution in [2.24, 2.45) is 0 Å². The van der Waals surface area contributed by atoms with E-state index in [1.807, 2.05) is 25.1 Å². The fourth-order valence-corrected chi connectivity index (χ4v) is 2.34. The number of hydrogen-bond donors (Lipinski definition) is 1. The summed E-state index contributed by atoms with van der Waals surface area (Å²) in [6.07, 6.45) is 4.99. The number of carbonyl (C=O) groups is 1. The quantitative estimate of drug-likeness (QED) is 0.785. The molecule has 0 aliphatic heterocycles. The average molecular weight is 295 g/mol. The van der Waals surface area contributed by atoms with Gasteiger partial charge in [0.05, 0.1) is 5.39 Å². The normalized spacial score (nSPS) is 12.2. The highest BCUT2D eigenvalue weighted by molar-refractivity contribution is 6.03. The van der Waals surface area contributed by atoms with Gasteiger partial charge in [0.25, 0.3) is 5.91 Å². The Morgan fingerprint density at radius 1 is 1.27 bits per heavy atom. The van der Waals surface area contributed by atoms with Gasteiger partial charge in [-0.05, 0) is 25.3 Å². The van der Waals surface area contributed by atoms with E-state index in [4.69, 9.17) is 4.52 Å². The Hall–Kier alpha value is -2.69. The van der Waals surface area contributed by atoms with Crippen LogP contribution in [0, 0.1) is 0 Å². The summed E-state index contributed by atoms with van der Waals surface area (Å²) in [6.45, 7) is 1.99. The molecular formula is C17H17N3O2.